The molecule has 2 rings (SSSR count). The number of carbonyl (C=O) groups is 2. The number of hydrogen-bond donors (Lipinski definition) is 2. The lowest BCUT2D eigenvalue weighted by molar-refractivity contribution is -0.129. The first-order valence-electron chi connectivity index (χ1n) is 6.39. The minimum Gasteiger partial charge on any atom is -0.467 e. The summed E-state index contributed by atoms with van der Waals surface area (Å²) in [6.45, 7) is 1.32. The quantitative estimate of drug-likeness (QED) is 0.717. The monoisotopic (exact) mass is 266 g/mol. The third-order valence-electron chi connectivity index (χ3n) is 3.15. The molecule has 1 aromatic heterocycles. The number of aliphatic hydroxyl groups is 1. The van der Waals surface area contributed by atoms with Crippen molar-refractivity contribution in [2.45, 2.75) is 19.4 Å². The number of nitrogens with one attached hydrogen (secondary N) is 1. The molecule has 1 aromatic rings. The normalized spacial score (nSPS) is 18.9. The van der Waals surface area contributed by atoms with Crippen LogP contribution in [0.1, 0.15) is 18.6 Å². The van der Waals surface area contributed by atoms with Gasteiger partial charge in [0.25, 0.3) is 0 Å². The Labute approximate surface area is 111 Å². The highest BCUT2D eigenvalue weighted by molar-refractivity contribution is 5.89. The molecule has 0 radical (unpaired) electrons. The van der Waals surface area contributed by atoms with Gasteiger partial charge in [-0.05, 0) is 18.6 Å². The van der Waals surface area contributed by atoms with Crippen LogP contribution in [-0.2, 0) is 16.1 Å². The minimum atomic E-state index is -0.304. The molecule has 0 aliphatic carbocycles. The molecule has 0 bridgehead atoms. The Morgan fingerprint density at radius 1 is 1.58 bits per heavy atom. The van der Waals surface area contributed by atoms with Crippen molar-refractivity contribution < 1.29 is 19.1 Å². The number of amides is 2. The lowest BCUT2D eigenvalue weighted by Crippen LogP contribution is -2.33. The van der Waals surface area contributed by atoms with E-state index in [9.17, 15) is 9.59 Å². The number of hydrogen-bond acceptors (Lipinski definition) is 4. The van der Waals surface area contributed by atoms with Crippen molar-refractivity contribution in [1.82, 2.24) is 10.2 Å². The standard InChI is InChI=1S/C13H18N2O4/c16-5-2-4-14-13(18)10-7-12(17)15(8-10)9-11-3-1-6-19-11/h1,3,6,10,16H,2,4-5,7-9H2,(H,14,18). The molecule has 19 heavy (non-hydrogen) atoms. The van der Waals surface area contributed by atoms with E-state index in [1.54, 1.807) is 17.2 Å². The maximum absolute atomic E-state index is 11.8. The van der Waals surface area contributed by atoms with E-state index in [1.807, 2.05) is 6.07 Å². The van der Waals surface area contributed by atoms with Gasteiger partial charge >= 0.3 is 0 Å². The summed E-state index contributed by atoms with van der Waals surface area (Å²) in [6, 6.07) is 3.58. The SMILES string of the molecule is O=C(NCCCO)C1CC(=O)N(Cc2ccco2)C1. The van der Waals surface area contributed by atoms with Gasteiger partial charge in [0.05, 0.1) is 18.7 Å². The van der Waals surface area contributed by atoms with Crippen LogP contribution in [0, 0.1) is 5.92 Å². The van der Waals surface area contributed by atoms with E-state index in [0.29, 0.717) is 26.1 Å². The summed E-state index contributed by atoms with van der Waals surface area (Å²) in [7, 11) is 0. The first-order chi connectivity index (χ1) is 9.20. The van der Waals surface area contributed by atoms with Crippen LogP contribution in [0.3, 0.4) is 0 Å². The topological polar surface area (TPSA) is 82.8 Å². The Hall–Kier alpha value is -1.82. The van der Waals surface area contributed by atoms with Gasteiger partial charge in [-0.2, -0.15) is 0 Å². The summed E-state index contributed by atoms with van der Waals surface area (Å²) in [5.41, 5.74) is 0. The van der Waals surface area contributed by atoms with E-state index in [0.717, 1.165) is 5.76 Å². The van der Waals surface area contributed by atoms with Gasteiger partial charge in [0, 0.05) is 26.1 Å². The fraction of sp³-hybridized carbons (Fsp3) is 0.538. The van der Waals surface area contributed by atoms with Crippen LogP contribution in [0.15, 0.2) is 22.8 Å². The molecule has 0 saturated carbocycles. The Morgan fingerprint density at radius 3 is 3.11 bits per heavy atom. The van der Waals surface area contributed by atoms with E-state index in [4.69, 9.17) is 9.52 Å². The average molecular weight is 266 g/mol. The maximum Gasteiger partial charge on any atom is 0.225 e. The van der Waals surface area contributed by atoms with Crippen LogP contribution < -0.4 is 5.32 Å². The third-order valence-corrected chi connectivity index (χ3v) is 3.15. The van der Waals surface area contributed by atoms with Crippen molar-refractivity contribution in [2.75, 3.05) is 19.7 Å². The number of carbonyl (C=O) groups excluding carboxylic acids is 2. The molecule has 1 aliphatic heterocycles. The van der Waals surface area contributed by atoms with Gasteiger partial charge in [-0.15, -0.1) is 0 Å². The fourth-order valence-corrected chi connectivity index (χ4v) is 2.13. The molecule has 2 amide bonds. The van der Waals surface area contributed by atoms with Crippen molar-refractivity contribution in [3.8, 4) is 0 Å². The van der Waals surface area contributed by atoms with Crippen LogP contribution in [0.5, 0.6) is 0 Å². The molecule has 1 atom stereocenters. The molecular formula is C13H18N2O4. The highest BCUT2D eigenvalue weighted by Gasteiger charge is 2.34. The number of rotatable bonds is 6. The highest BCUT2D eigenvalue weighted by Crippen LogP contribution is 2.20. The average Bonchev–Trinajstić information content (AvgIpc) is 3.01. The second-order valence-electron chi connectivity index (χ2n) is 4.62. The van der Waals surface area contributed by atoms with Gasteiger partial charge in [0.1, 0.15) is 5.76 Å². The second kappa shape index (κ2) is 6.38. The molecular weight excluding hydrogens is 248 g/mol. The number of aliphatic hydroxyl groups excluding tert-OH is 1. The van der Waals surface area contributed by atoms with Gasteiger partial charge in [-0.3, -0.25) is 9.59 Å². The predicted molar refractivity (Wildman–Crippen MR) is 66.9 cm³/mol. The summed E-state index contributed by atoms with van der Waals surface area (Å²) in [5, 5.41) is 11.4. The van der Waals surface area contributed by atoms with Crippen molar-refractivity contribution in [3.63, 3.8) is 0 Å². The van der Waals surface area contributed by atoms with Crippen molar-refractivity contribution >= 4 is 11.8 Å². The number of furan rings is 1. The van der Waals surface area contributed by atoms with Crippen molar-refractivity contribution in [2.24, 2.45) is 5.92 Å². The summed E-state index contributed by atoms with van der Waals surface area (Å²) in [4.78, 5) is 25.3. The van der Waals surface area contributed by atoms with Crippen molar-refractivity contribution in [3.05, 3.63) is 24.2 Å². The van der Waals surface area contributed by atoms with Crippen LogP contribution in [-0.4, -0.2) is 41.5 Å². The highest BCUT2D eigenvalue weighted by atomic mass is 16.3. The van der Waals surface area contributed by atoms with Gasteiger partial charge in [0.2, 0.25) is 11.8 Å². The summed E-state index contributed by atoms with van der Waals surface area (Å²) in [5.74, 6) is 0.262. The molecule has 1 aliphatic rings. The second-order valence-corrected chi connectivity index (χ2v) is 4.62. The van der Waals surface area contributed by atoms with Crippen LogP contribution in [0.2, 0.25) is 0 Å². The molecule has 6 nitrogen and oxygen atoms in total. The Balaban J connectivity index is 1.83. The maximum atomic E-state index is 11.8. The molecule has 1 saturated heterocycles. The van der Waals surface area contributed by atoms with Crippen LogP contribution in [0.4, 0.5) is 0 Å². The first kappa shape index (κ1) is 13.6. The zero-order valence-electron chi connectivity index (χ0n) is 10.7. The fourth-order valence-electron chi connectivity index (χ4n) is 2.13. The Kier molecular flexibility index (Phi) is 4.57. The van der Waals surface area contributed by atoms with E-state index >= 15 is 0 Å². The smallest absolute Gasteiger partial charge is 0.225 e. The van der Waals surface area contributed by atoms with Gasteiger partial charge in [-0.1, -0.05) is 0 Å². The van der Waals surface area contributed by atoms with E-state index in [1.165, 1.54) is 0 Å². The molecule has 6 heteroatoms. The lowest BCUT2D eigenvalue weighted by Gasteiger charge is -2.14. The molecule has 1 unspecified atom stereocenters. The van der Waals surface area contributed by atoms with Gasteiger partial charge in [-0.25, -0.2) is 0 Å². The van der Waals surface area contributed by atoms with E-state index < -0.39 is 0 Å². The molecule has 104 valence electrons. The van der Waals surface area contributed by atoms with Crippen molar-refractivity contribution in [1.29, 1.82) is 0 Å². The summed E-state index contributed by atoms with van der Waals surface area (Å²) >= 11 is 0. The van der Waals surface area contributed by atoms with E-state index in [-0.39, 0.29) is 30.8 Å². The first-order valence-corrected chi connectivity index (χ1v) is 6.39. The van der Waals surface area contributed by atoms with Crippen LogP contribution in [0.25, 0.3) is 0 Å². The minimum absolute atomic E-state index is 0.0290. The Bertz CT molecular complexity index is 430. The zero-order valence-corrected chi connectivity index (χ0v) is 10.7. The summed E-state index contributed by atoms with van der Waals surface area (Å²) in [6.07, 6.45) is 2.34. The summed E-state index contributed by atoms with van der Waals surface area (Å²) < 4.78 is 5.20. The third kappa shape index (κ3) is 3.57. The molecule has 2 heterocycles. The van der Waals surface area contributed by atoms with Gasteiger partial charge < -0.3 is 19.7 Å². The molecule has 1 fully saturated rings. The predicted octanol–water partition coefficient (Wildman–Crippen LogP) is 0.127. The molecule has 2 N–H and O–H groups in total. The number of likely N-dealkylation sites (tertiary alicyclic amines) is 1. The van der Waals surface area contributed by atoms with Crippen LogP contribution >= 0.6 is 0 Å². The Morgan fingerprint density at radius 2 is 2.42 bits per heavy atom. The molecule has 0 spiro atoms. The number of nitrogens with zero attached hydrogens (tertiary/aromatic N) is 1. The molecule has 0 aromatic carbocycles. The largest absolute Gasteiger partial charge is 0.467 e. The van der Waals surface area contributed by atoms with E-state index in [2.05, 4.69) is 5.32 Å². The zero-order chi connectivity index (χ0) is 13.7. The van der Waals surface area contributed by atoms with Gasteiger partial charge in [0.15, 0.2) is 0 Å². The lowest BCUT2D eigenvalue weighted by atomic mass is 10.1.